The summed E-state index contributed by atoms with van der Waals surface area (Å²) in [6.07, 6.45) is 0. The molecule has 0 atom stereocenters. The number of non-ortho nitro benzene ring substituents is 1. The number of amides is 1. The molecule has 1 aromatic heterocycles. The molecule has 3 rings (SSSR count). The van der Waals surface area contributed by atoms with Gasteiger partial charge in [0.2, 0.25) is 0 Å². The lowest BCUT2D eigenvalue weighted by Crippen LogP contribution is -2.22. The second kappa shape index (κ2) is 8.37. The second-order valence-corrected chi connectivity index (χ2v) is 8.37. The fourth-order valence-corrected chi connectivity index (χ4v) is 4.01. The van der Waals surface area contributed by atoms with Gasteiger partial charge in [0.05, 0.1) is 11.5 Å². The maximum atomic E-state index is 12.3. The Bertz CT molecular complexity index is 1160. The van der Waals surface area contributed by atoms with E-state index in [1.165, 1.54) is 53.8 Å². The molecule has 0 radical (unpaired) electrons. The number of carbonyl (C=O) groups excluding carboxylic acids is 1. The molecular formula is C18H15N3O6S2. The highest BCUT2D eigenvalue weighted by molar-refractivity contribution is 7.87. The number of nitro groups is 1. The van der Waals surface area contributed by atoms with Crippen LogP contribution < -0.4 is 9.50 Å². The van der Waals surface area contributed by atoms with Crippen LogP contribution in [-0.2, 0) is 16.7 Å². The van der Waals surface area contributed by atoms with Gasteiger partial charge in [0.15, 0.2) is 0 Å². The van der Waals surface area contributed by atoms with Gasteiger partial charge in [-0.2, -0.15) is 8.42 Å². The zero-order chi connectivity index (χ0) is 21.0. The molecule has 0 saturated carbocycles. The largest absolute Gasteiger partial charge is 0.379 e. The average molecular weight is 433 g/mol. The zero-order valence-corrected chi connectivity index (χ0v) is 16.7. The minimum atomic E-state index is -4.26. The van der Waals surface area contributed by atoms with Crippen molar-refractivity contribution in [3.05, 3.63) is 80.3 Å². The summed E-state index contributed by atoms with van der Waals surface area (Å²) in [4.78, 5) is 26.2. The zero-order valence-electron chi connectivity index (χ0n) is 15.1. The van der Waals surface area contributed by atoms with E-state index < -0.39 is 15.0 Å². The molecule has 1 N–H and O–H groups in total. The van der Waals surface area contributed by atoms with Crippen molar-refractivity contribution in [2.24, 2.45) is 0 Å². The van der Waals surface area contributed by atoms with E-state index in [1.54, 1.807) is 0 Å². The van der Waals surface area contributed by atoms with E-state index in [9.17, 15) is 23.3 Å². The highest BCUT2D eigenvalue weighted by atomic mass is 32.2. The number of thiazole rings is 1. The van der Waals surface area contributed by atoms with Crippen LogP contribution in [0, 0.1) is 17.0 Å². The maximum absolute atomic E-state index is 12.3. The smallest absolute Gasteiger partial charge is 0.339 e. The summed E-state index contributed by atoms with van der Waals surface area (Å²) in [5, 5.41) is 16.2. The van der Waals surface area contributed by atoms with Crippen molar-refractivity contribution in [2.75, 3.05) is 0 Å². The van der Waals surface area contributed by atoms with Crippen LogP contribution in [0.4, 0.5) is 5.69 Å². The van der Waals surface area contributed by atoms with E-state index in [2.05, 4.69) is 10.3 Å². The van der Waals surface area contributed by atoms with Crippen LogP contribution in [0.25, 0.3) is 0 Å². The molecule has 0 bridgehead atoms. The minimum absolute atomic E-state index is 0.0244. The van der Waals surface area contributed by atoms with Crippen molar-refractivity contribution < 1.29 is 22.3 Å². The molecule has 9 nitrogen and oxygen atoms in total. The molecule has 0 fully saturated rings. The van der Waals surface area contributed by atoms with Crippen LogP contribution in [0.5, 0.6) is 5.75 Å². The SMILES string of the molecule is Cc1csc(CNC(=O)c2ccc(OS(=O)(=O)c3cccc([N+](=O)[O-])c3)cc2)n1. The average Bonchev–Trinajstić information content (AvgIpc) is 3.11. The van der Waals surface area contributed by atoms with Crippen molar-refractivity contribution in [1.29, 1.82) is 0 Å². The third-order valence-electron chi connectivity index (χ3n) is 3.71. The van der Waals surface area contributed by atoms with Gasteiger partial charge in [-0.3, -0.25) is 14.9 Å². The van der Waals surface area contributed by atoms with Crippen LogP contribution >= 0.6 is 11.3 Å². The van der Waals surface area contributed by atoms with Gasteiger partial charge < -0.3 is 9.50 Å². The van der Waals surface area contributed by atoms with Crippen LogP contribution in [0.1, 0.15) is 21.1 Å². The summed E-state index contributed by atoms with van der Waals surface area (Å²) in [5.74, 6) is -0.366. The van der Waals surface area contributed by atoms with Crippen molar-refractivity contribution in [2.45, 2.75) is 18.4 Å². The van der Waals surface area contributed by atoms with E-state index in [0.717, 1.165) is 16.8 Å². The number of hydrogen-bond donors (Lipinski definition) is 1. The molecule has 0 saturated heterocycles. The molecule has 0 spiro atoms. The van der Waals surface area contributed by atoms with Gasteiger partial charge in [0.25, 0.3) is 11.6 Å². The van der Waals surface area contributed by atoms with Gasteiger partial charge in [-0.1, -0.05) is 6.07 Å². The van der Waals surface area contributed by atoms with Gasteiger partial charge in [-0.05, 0) is 37.3 Å². The first-order valence-electron chi connectivity index (χ1n) is 8.23. The lowest BCUT2D eigenvalue weighted by Gasteiger charge is -2.08. The molecule has 1 amide bonds. The number of hydrogen-bond acceptors (Lipinski definition) is 8. The molecule has 1 heterocycles. The fraction of sp³-hybridized carbons (Fsp3) is 0.111. The fourth-order valence-electron chi connectivity index (χ4n) is 2.33. The molecule has 11 heteroatoms. The topological polar surface area (TPSA) is 128 Å². The number of nitrogens with zero attached hydrogens (tertiary/aromatic N) is 2. The number of nitrogens with one attached hydrogen (secondary N) is 1. The molecule has 2 aromatic carbocycles. The summed E-state index contributed by atoms with van der Waals surface area (Å²) < 4.78 is 29.7. The quantitative estimate of drug-likeness (QED) is 0.344. The van der Waals surface area contributed by atoms with E-state index in [1.807, 2.05) is 12.3 Å². The second-order valence-electron chi connectivity index (χ2n) is 5.88. The Kier molecular flexibility index (Phi) is 5.89. The number of benzene rings is 2. The number of rotatable bonds is 7. The number of aromatic nitrogens is 1. The van der Waals surface area contributed by atoms with Gasteiger partial charge in [-0.15, -0.1) is 11.3 Å². The summed E-state index contributed by atoms with van der Waals surface area (Å²) >= 11 is 1.44. The van der Waals surface area contributed by atoms with Gasteiger partial charge in [0.1, 0.15) is 15.7 Å². The molecule has 150 valence electrons. The van der Waals surface area contributed by atoms with Crippen LogP contribution in [-0.4, -0.2) is 24.2 Å². The van der Waals surface area contributed by atoms with Crippen molar-refractivity contribution in [3.8, 4) is 5.75 Å². The van der Waals surface area contributed by atoms with Gasteiger partial charge >= 0.3 is 10.1 Å². The Morgan fingerprint density at radius 1 is 1.24 bits per heavy atom. The summed E-state index contributed by atoms with van der Waals surface area (Å²) in [5.41, 5.74) is 0.834. The standard InChI is InChI=1S/C18H15N3O6S2/c1-12-11-28-17(20-12)10-19-18(22)13-5-7-15(8-6-13)27-29(25,26)16-4-2-3-14(9-16)21(23)24/h2-9,11H,10H2,1H3,(H,19,22). The lowest BCUT2D eigenvalue weighted by atomic mass is 10.2. The van der Waals surface area contributed by atoms with Gasteiger partial charge in [-0.25, -0.2) is 4.98 Å². The van der Waals surface area contributed by atoms with Crippen LogP contribution in [0.15, 0.2) is 58.8 Å². The molecule has 0 unspecified atom stereocenters. The number of aryl methyl sites for hydroxylation is 1. The molecule has 0 aliphatic heterocycles. The summed E-state index contributed by atoms with van der Waals surface area (Å²) in [6.45, 7) is 2.15. The maximum Gasteiger partial charge on any atom is 0.339 e. The van der Waals surface area contributed by atoms with Gasteiger partial charge in [0, 0.05) is 28.8 Å². The minimum Gasteiger partial charge on any atom is -0.379 e. The monoisotopic (exact) mass is 433 g/mol. The van der Waals surface area contributed by atoms with Crippen LogP contribution in [0.3, 0.4) is 0 Å². The highest BCUT2D eigenvalue weighted by Gasteiger charge is 2.20. The van der Waals surface area contributed by atoms with Crippen LogP contribution in [0.2, 0.25) is 0 Å². The molecule has 0 aliphatic rings. The molecule has 0 aliphatic carbocycles. The molecule has 29 heavy (non-hydrogen) atoms. The Balaban J connectivity index is 1.67. The summed E-state index contributed by atoms with van der Waals surface area (Å²) in [6, 6.07) is 10.0. The molecule has 3 aromatic rings. The third-order valence-corrected chi connectivity index (χ3v) is 5.92. The Morgan fingerprint density at radius 2 is 1.97 bits per heavy atom. The Labute approximate surface area is 170 Å². The van der Waals surface area contributed by atoms with E-state index in [-0.39, 0.29) is 28.8 Å². The number of nitro benzene ring substituents is 1. The number of carbonyl (C=O) groups is 1. The van der Waals surface area contributed by atoms with E-state index in [0.29, 0.717) is 5.56 Å². The lowest BCUT2D eigenvalue weighted by molar-refractivity contribution is -0.385. The Hall–Kier alpha value is -3.31. The predicted octanol–water partition coefficient (Wildman–Crippen LogP) is 3.06. The first-order chi connectivity index (χ1) is 13.7. The predicted molar refractivity (Wildman–Crippen MR) is 105 cm³/mol. The van der Waals surface area contributed by atoms with E-state index >= 15 is 0 Å². The summed E-state index contributed by atoms with van der Waals surface area (Å²) in [7, 11) is -4.26. The van der Waals surface area contributed by atoms with Crippen molar-refractivity contribution in [1.82, 2.24) is 10.3 Å². The Morgan fingerprint density at radius 3 is 2.59 bits per heavy atom. The first-order valence-corrected chi connectivity index (χ1v) is 10.5. The van der Waals surface area contributed by atoms with E-state index in [4.69, 9.17) is 4.18 Å². The van der Waals surface area contributed by atoms with Crippen molar-refractivity contribution >= 4 is 33.0 Å². The molecular weight excluding hydrogens is 418 g/mol. The normalized spacial score (nSPS) is 11.1. The highest BCUT2D eigenvalue weighted by Crippen LogP contribution is 2.22. The van der Waals surface area contributed by atoms with Crippen molar-refractivity contribution in [3.63, 3.8) is 0 Å². The third kappa shape index (κ3) is 5.15. The first kappa shape index (κ1) is 20.4.